The lowest BCUT2D eigenvalue weighted by molar-refractivity contribution is 0.170. The SMILES string of the molecule is COC[C@H](C)NC(=O)N[C@H](C)CCc1ccc(OC)cc1. The Hall–Kier alpha value is -1.75. The van der Waals surface area contributed by atoms with E-state index in [4.69, 9.17) is 9.47 Å². The lowest BCUT2D eigenvalue weighted by Gasteiger charge is -2.17. The van der Waals surface area contributed by atoms with Gasteiger partial charge in [-0.25, -0.2) is 4.79 Å². The number of benzene rings is 1. The highest BCUT2D eigenvalue weighted by atomic mass is 16.5. The maximum Gasteiger partial charge on any atom is 0.315 e. The molecule has 1 rings (SSSR count). The van der Waals surface area contributed by atoms with Crippen molar-refractivity contribution in [3.8, 4) is 5.75 Å². The molecule has 118 valence electrons. The number of methoxy groups -OCH3 is 2. The molecule has 2 atom stereocenters. The summed E-state index contributed by atoms with van der Waals surface area (Å²) in [5.41, 5.74) is 1.23. The lowest BCUT2D eigenvalue weighted by Crippen LogP contribution is -2.45. The van der Waals surface area contributed by atoms with Crippen molar-refractivity contribution in [2.24, 2.45) is 0 Å². The molecule has 0 spiro atoms. The van der Waals surface area contributed by atoms with Gasteiger partial charge in [-0.2, -0.15) is 0 Å². The van der Waals surface area contributed by atoms with Crippen LogP contribution in [0.1, 0.15) is 25.8 Å². The van der Waals surface area contributed by atoms with Gasteiger partial charge in [-0.1, -0.05) is 12.1 Å². The van der Waals surface area contributed by atoms with E-state index in [2.05, 4.69) is 10.6 Å². The van der Waals surface area contributed by atoms with Crippen molar-refractivity contribution in [1.29, 1.82) is 0 Å². The normalized spacial score (nSPS) is 13.3. The summed E-state index contributed by atoms with van der Waals surface area (Å²) in [6, 6.07) is 7.96. The second-order valence-corrected chi connectivity index (χ2v) is 5.26. The molecular formula is C16H26N2O3. The first-order valence-corrected chi connectivity index (χ1v) is 7.24. The highest BCUT2D eigenvalue weighted by Crippen LogP contribution is 2.13. The number of nitrogens with one attached hydrogen (secondary N) is 2. The Morgan fingerprint density at radius 1 is 1.10 bits per heavy atom. The van der Waals surface area contributed by atoms with Gasteiger partial charge in [-0.3, -0.25) is 0 Å². The quantitative estimate of drug-likeness (QED) is 0.774. The number of aryl methyl sites for hydroxylation is 1. The van der Waals surface area contributed by atoms with Crippen molar-refractivity contribution < 1.29 is 14.3 Å². The first kappa shape index (κ1) is 17.3. The van der Waals surface area contributed by atoms with Gasteiger partial charge in [0.05, 0.1) is 19.8 Å². The Morgan fingerprint density at radius 2 is 1.71 bits per heavy atom. The van der Waals surface area contributed by atoms with Crippen molar-refractivity contribution in [1.82, 2.24) is 10.6 Å². The van der Waals surface area contributed by atoms with E-state index in [1.807, 2.05) is 38.1 Å². The van der Waals surface area contributed by atoms with Crippen molar-refractivity contribution in [3.05, 3.63) is 29.8 Å². The summed E-state index contributed by atoms with van der Waals surface area (Å²) in [7, 11) is 3.28. The van der Waals surface area contributed by atoms with Gasteiger partial charge in [-0.15, -0.1) is 0 Å². The second-order valence-electron chi connectivity index (χ2n) is 5.26. The summed E-state index contributed by atoms with van der Waals surface area (Å²) in [4.78, 5) is 11.7. The van der Waals surface area contributed by atoms with Crippen LogP contribution in [0.25, 0.3) is 0 Å². The molecule has 5 heteroatoms. The van der Waals surface area contributed by atoms with E-state index >= 15 is 0 Å². The van der Waals surface area contributed by atoms with Crippen molar-refractivity contribution in [3.63, 3.8) is 0 Å². The van der Waals surface area contributed by atoms with Crippen molar-refractivity contribution >= 4 is 6.03 Å². The third-order valence-corrected chi connectivity index (χ3v) is 3.20. The predicted octanol–water partition coefficient (Wildman–Crippen LogP) is 2.35. The maximum atomic E-state index is 11.7. The topological polar surface area (TPSA) is 59.6 Å². The number of urea groups is 1. The Kier molecular flexibility index (Phi) is 7.61. The standard InChI is InChI=1S/C16H26N2O3/c1-12(17-16(19)18-13(2)11-20-3)5-6-14-7-9-15(21-4)10-8-14/h7-10,12-13H,5-6,11H2,1-4H3,(H2,17,18,19)/t12-,13+/m1/s1. The number of hydrogen-bond donors (Lipinski definition) is 2. The van der Waals surface area contributed by atoms with Crippen LogP contribution in [0, 0.1) is 0 Å². The Balaban J connectivity index is 2.29. The number of ether oxygens (including phenoxy) is 2. The fourth-order valence-corrected chi connectivity index (χ4v) is 2.03. The predicted molar refractivity (Wildman–Crippen MR) is 83.8 cm³/mol. The van der Waals surface area contributed by atoms with E-state index in [1.54, 1.807) is 14.2 Å². The smallest absolute Gasteiger partial charge is 0.315 e. The molecule has 21 heavy (non-hydrogen) atoms. The molecule has 5 nitrogen and oxygen atoms in total. The van der Waals surface area contributed by atoms with Crippen LogP contribution < -0.4 is 15.4 Å². The number of hydrogen-bond acceptors (Lipinski definition) is 3. The summed E-state index contributed by atoms with van der Waals surface area (Å²) in [5.74, 6) is 0.858. The molecule has 1 aromatic carbocycles. The zero-order chi connectivity index (χ0) is 15.7. The highest BCUT2D eigenvalue weighted by molar-refractivity contribution is 5.74. The summed E-state index contributed by atoms with van der Waals surface area (Å²) >= 11 is 0. The zero-order valence-corrected chi connectivity index (χ0v) is 13.3. The third-order valence-electron chi connectivity index (χ3n) is 3.20. The fraction of sp³-hybridized carbons (Fsp3) is 0.562. The van der Waals surface area contributed by atoms with Gasteiger partial charge in [0.15, 0.2) is 0 Å². The van der Waals surface area contributed by atoms with Gasteiger partial charge in [0.1, 0.15) is 5.75 Å². The van der Waals surface area contributed by atoms with E-state index in [0.29, 0.717) is 6.61 Å². The summed E-state index contributed by atoms with van der Waals surface area (Å²) in [5, 5.41) is 5.77. The molecule has 0 fully saturated rings. The minimum Gasteiger partial charge on any atom is -0.497 e. The summed E-state index contributed by atoms with van der Waals surface area (Å²) < 4.78 is 10.1. The van der Waals surface area contributed by atoms with E-state index in [0.717, 1.165) is 18.6 Å². The van der Waals surface area contributed by atoms with E-state index < -0.39 is 0 Å². The molecule has 0 bridgehead atoms. The number of carbonyl (C=O) groups is 1. The van der Waals surface area contributed by atoms with Gasteiger partial charge in [0.2, 0.25) is 0 Å². The van der Waals surface area contributed by atoms with Crippen LogP contribution in [0.15, 0.2) is 24.3 Å². The van der Waals surface area contributed by atoms with Crippen LogP contribution in [0.2, 0.25) is 0 Å². The number of amides is 2. The number of rotatable bonds is 8. The Morgan fingerprint density at radius 3 is 2.29 bits per heavy atom. The lowest BCUT2D eigenvalue weighted by atomic mass is 10.1. The maximum absolute atomic E-state index is 11.7. The molecule has 0 aliphatic carbocycles. The molecule has 0 unspecified atom stereocenters. The van der Waals surface area contributed by atoms with Gasteiger partial charge >= 0.3 is 6.03 Å². The fourth-order valence-electron chi connectivity index (χ4n) is 2.03. The van der Waals surface area contributed by atoms with Gasteiger partial charge < -0.3 is 20.1 Å². The molecule has 0 heterocycles. The molecule has 2 amide bonds. The molecule has 0 saturated carbocycles. The van der Waals surface area contributed by atoms with Crippen LogP contribution in [-0.4, -0.2) is 38.9 Å². The zero-order valence-electron chi connectivity index (χ0n) is 13.3. The Bertz CT molecular complexity index is 420. The summed E-state index contributed by atoms with van der Waals surface area (Å²) in [6.07, 6.45) is 1.80. The van der Waals surface area contributed by atoms with Crippen LogP contribution in [0.5, 0.6) is 5.75 Å². The minimum atomic E-state index is -0.151. The van der Waals surface area contributed by atoms with Crippen molar-refractivity contribution in [2.75, 3.05) is 20.8 Å². The second kappa shape index (κ2) is 9.23. The van der Waals surface area contributed by atoms with Gasteiger partial charge in [0, 0.05) is 13.2 Å². The van der Waals surface area contributed by atoms with Crippen LogP contribution in [0.3, 0.4) is 0 Å². The first-order valence-electron chi connectivity index (χ1n) is 7.24. The molecule has 0 saturated heterocycles. The molecular weight excluding hydrogens is 268 g/mol. The average Bonchev–Trinajstić information content (AvgIpc) is 2.45. The summed E-state index contributed by atoms with van der Waals surface area (Å²) in [6.45, 7) is 4.42. The third kappa shape index (κ3) is 6.99. The molecule has 1 aromatic rings. The Labute approximate surface area is 127 Å². The molecule has 0 aliphatic heterocycles. The highest BCUT2D eigenvalue weighted by Gasteiger charge is 2.10. The largest absolute Gasteiger partial charge is 0.497 e. The van der Waals surface area contributed by atoms with E-state index in [9.17, 15) is 4.79 Å². The van der Waals surface area contributed by atoms with Crippen LogP contribution >= 0.6 is 0 Å². The monoisotopic (exact) mass is 294 g/mol. The number of carbonyl (C=O) groups excluding carboxylic acids is 1. The van der Waals surface area contributed by atoms with Crippen LogP contribution in [-0.2, 0) is 11.2 Å². The van der Waals surface area contributed by atoms with Gasteiger partial charge in [0.25, 0.3) is 0 Å². The molecule has 2 N–H and O–H groups in total. The molecule has 0 aromatic heterocycles. The minimum absolute atomic E-state index is 0.00351. The van der Waals surface area contributed by atoms with Crippen molar-refractivity contribution in [2.45, 2.75) is 38.8 Å². The average molecular weight is 294 g/mol. The molecule has 0 radical (unpaired) electrons. The molecule has 0 aliphatic rings. The van der Waals surface area contributed by atoms with E-state index in [1.165, 1.54) is 5.56 Å². The van der Waals surface area contributed by atoms with Gasteiger partial charge in [-0.05, 0) is 44.4 Å². The first-order chi connectivity index (χ1) is 10.0. The van der Waals surface area contributed by atoms with E-state index in [-0.39, 0.29) is 18.1 Å². The van der Waals surface area contributed by atoms with Crippen LogP contribution in [0.4, 0.5) is 4.79 Å².